The Kier molecular flexibility index (Phi) is 3.82. The van der Waals surface area contributed by atoms with Crippen LogP contribution < -0.4 is 5.73 Å². The molecular weight excluding hydrogens is 138 g/mol. The Labute approximate surface area is 60.4 Å². The molecular formula is C6H12ClNO. The molecule has 0 aliphatic rings. The molecule has 0 aromatic heterocycles. The summed E-state index contributed by atoms with van der Waals surface area (Å²) in [7, 11) is 0. The fourth-order valence-corrected chi connectivity index (χ4v) is 0.693. The van der Waals surface area contributed by atoms with Crippen molar-refractivity contribution in [1.29, 1.82) is 0 Å². The van der Waals surface area contributed by atoms with Gasteiger partial charge in [-0.1, -0.05) is 20.3 Å². The number of carbonyl (C=O) groups is 1. The van der Waals surface area contributed by atoms with Crippen LogP contribution in [0, 0.1) is 5.92 Å². The first-order valence-corrected chi connectivity index (χ1v) is 3.42. The molecule has 0 saturated carbocycles. The lowest BCUT2D eigenvalue weighted by molar-refractivity contribution is -0.113. The Morgan fingerprint density at radius 1 is 1.78 bits per heavy atom. The normalized spacial score (nSPS) is 16.9. The molecule has 0 radical (unpaired) electrons. The third-order valence-corrected chi connectivity index (χ3v) is 1.77. The highest BCUT2D eigenvalue weighted by Gasteiger charge is 2.16. The smallest absolute Gasteiger partial charge is 0.238 e. The van der Waals surface area contributed by atoms with Gasteiger partial charge in [0.15, 0.2) is 0 Å². The van der Waals surface area contributed by atoms with Crippen molar-refractivity contribution in [1.82, 2.24) is 0 Å². The molecule has 9 heavy (non-hydrogen) atoms. The maximum atomic E-state index is 10.4. The second-order valence-electron chi connectivity index (χ2n) is 2.22. The fraction of sp³-hybridized carbons (Fsp3) is 0.833. The second kappa shape index (κ2) is 3.85. The number of hydrogen-bond acceptors (Lipinski definition) is 2. The molecule has 54 valence electrons. The van der Waals surface area contributed by atoms with Gasteiger partial charge in [-0.05, 0) is 17.5 Å². The lowest BCUT2D eigenvalue weighted by Gasteiger charge is -2.12. The van der Waals surface area contributed by atoms with E-state index in [0.29, 0.717) is 0 Å². The topological polar surface area (TPSA) is 43.1 Å². The van der Waals surface area contributed by atoms with E-state index >= 15 is 0 Å². The molecule has 0 aliphatic heterocycles. The minimum Gasteiger partial charge on any atom is -0.320 e. The van der Waals surface area contributed by atoms with E-state index in [-0.39, 0.29) is 5.92 Å². The molecule has 3 heteroatoms. The first-order valence-electron chi connectivity index (χ1n) is 3.04. The number of nitrogens with two attached hydrogens (primary N) is 1. The predicted molar refractivity (Wildman–Crippen MR) is 38.3 cm³/mol. The van der Waals surface area contributed by atoms with Gasteiger partial charge in [-0.2, -0.15) is 0 Å². The zero-order valence-electron chi connectivity index (χ0n) is 5.73. The molecule has 0 unspecified atom stereocenters. The molecule has 0 aromatic rings. The molecule has 0 saturated heterocycles. The number of rotatable bonds is 3. The highest BCUT2D eigenvalue weighted by Crippen LogP contribution is 2.06. The summed E-state index contributed by atoms with van der Waals surface area (Å²) in [5, 5.41) is -0.440. The minimum absolute atomic E-state index is 0.190. The van der Waals surface area contributed by atoms with Gasteiger partial charge >= 0.3 is 0 Å². The molecule has 0 bridgehead atoms. The Balaban J connectivity index is 3.72. The van der Waals surface area contributed by atoms with Crippen molar-refractivity contribution in [2.24, 2.45) is 11.7 Å². The molecule has 0 rings (SSSR count). The summed E-state index contributed by atoms with van der Waals surface area (Å²) >= 11 is 5.14. The third-order valence-electron chi connectivity index (χ3n) is 1.52. The first kappa shape index (κ1) is 8.92. The van der Waals surface area contributed by atoms with E-state index in [4.69, 9.17) is 17.3 Å². The van der Waals surface area contributed by atoms with Crippen LogP contribution >= 0.6 is 11.6 Å². The van der Waals surface area contributed by atoms with Crippen LogP contribution in [0.15, 0.2) is 0 Å². The van der Waals surface area contributed by atoms with Crippen molar-refractivity contribution in [3.05, 3.63) is 0 Å². The van der Waals surface area contributed by atoms with Gasteiger partial charge in [0.1, 0.15) is 0 Å². The maximum absolute atomic E-state index is 10.4. The van der Waals surface area contributed by atoms with E-state index in [1.807, 2.05) is 13.8 Å². The Morgan fingerprint density at radius 3 is 2.33 bits per heavy atom. The number of hydrogen-bond donors (Lipinski definition) is 1. The molecule has 0 aliphatic carbocycles. The molecule has 2 nitrogen and oxygen atoms in total. The van der Waals surface area contributed by atoms with Crippen molar-refractivity contribution >= 4 is 16.8 Å². The fourth-order valence-electron chi connectivity index (χ4n) is 0.478. The van der Waals surface area contributed by atoms with Crippen LogP contribution in [0.1, 0.15) is 20.3 Å². The Hall–Kier alpha value is -0.0800. The van der Waals surface area contributed by atoms with Gasteiger partial charge in [-0.15, -0.1) is 0 Å². The summed E-state index contributed by atoms with van der Waals surface area (Å²) in [5.41, 5.74) is 5.39. The zero-order valence-corrected chi connectivity index (χ0v) is 6.48. The van der Waals surface area contributed by atoms with Crippen LogP contribution in [0.25, 0.3) is 0 Å². The Morgan fingerprint density at radius 2 is 2.22 bits per heavy atom. The summed E-state index contributed by atoms with van der Waals surface area (Å²) in [6.07, 6.45) is 0.889. The summed E-state index contributed by atoms with van der Waals surface area (Å²) in [6, 6.07) is -0.489. The molecule has 2 atom stereocenters. The predicted octanol–water partition coefficient (Wildman–Crippen LogP) is 1.13. The van der Waals surface area contributed by atoms with Crippen LogP contribution in [0.5, 0.6) is 0 Å². The van der Waals surface area contributed by atoms with E-state index in [2.05, 4.69) is 0 Å². The summed E-state index contributed by atoms with van der Waals surface area (Å²) in [5.74, 6) is 0.190. The maximum Gasteiger partial charge on any atom is 0.238 e. The minimum atomic E-state index is -0.489. The largest absolute Gasteiger partial charge is 0.320 e. The molecule has 0 fully saturated rings. The quantitative estimate of drug-likeness (QED) is 0.612. The number of halogens is 1. The van der Waals surface area contributed by atoms with Gasteiger partial charge in [0, 0.05) is 0 Å². The lowest BCUT2D eigenvalue weighted by Crippen LogP contribution is -2.33. The Bertz CT molecular complexity index is 105. The standard InChI is InChI=1S/C6H12ClNO/c1-3-4(2)5(8)6(7)9/h4-5H,3,8H2,1-2H3/t4-,5-/m0/s1. The average molecular weight is 150 g/mol. The van der Waals surface area contributed by atoms with Crippen molar-refractivity contribution in [2.75, 3.05) is 0 Å². The molecule has 0 spiro atoms. The van der Waals surface area contributed by atoms with Crippen molar-refractivity contribution in [3.8, 4) is 0 Å². The SMILES string of the molecule is CC[C@H](C)[C@H](N)C(=O)Cl. The highest BCUT2D eigenvalue weighted by molar-refractivity contribution is 6.64. The number of carbonyl (C=O) groups excluding carboxylic acids is 1. The van der Waals surface area contributed by atoms with Crippen molar-refractivity contribution in [2.45, 2.75) is 26.3 Å². The van der Waals surface area contributed by atoms with Crippen LogP contribution in [0.3, 0.4) is 0 Å². The second-order valence-corrected chi connectivity index (χ2v) is 2.59. The van der Waals surface area contributed by atoms with Gasteiger partial charge in [-0.3, -0.25) is 4.79 Å². The van der Waals surface area contributed by atoms with Crippen LogP contribution in [0.2, 0.25) is 0 Å². The van der Waals surface area contributed by atoms with Crippen LogP contribution in [-0.4, -0.2) is 11.3 Å². The summed E-state index contributed by atoms with van der Waals surface area (Å²) in [6.45, 7) is 3.88. The van der Waals surface area contributed by atoms with Gasteiger partial charge in [0.05, 0.1) is 6.04 Å². The van der Waals surface area contributed by atoms with E-state index in [9.17, 15) is 4.79 Å². The molecule has 2 N–H and O–H groups in total. The summed E-state index contributed by atoms with van der Waals surface area (Å²) < 4.78 is 0. The van der Waals surface area contributed by atoms with Crippen LogP contribution in [0.4, 0.5) is 0 Å². The van der Waals surface area contributed by atoms with Gasteiger partial charge in [0.25, 0.3) is 0 Å². The molecule has 0 amide bonds. The van der Waals surface area contributed by atoms with Gasteiger partial charge in [0.2, 0.25) is 5.24 Å². The highest BCUT2D eigenvalue weighted by atomic mass is 35.5. The summed E-state index contributed by atoms with van der Waals surface area (Å²) in [4.78, 5) is 10.4. The van der Waals surface area contributed by atoms with E-state index < -0.39 is 11.3 Å². The van der Waals surface area contributed by atoms with Crippen LogP contribution in [-0.2, 0) is 4.79 Å². The first-order chi connectivity index (χ1) is 4.09. The average Bonchev–Trinajstić information content (AvgIpc) is 1.84. The van der Waals surface area contributed by atoms with Crippen molar-refractivity contribution in [3.63, 3.8) is 0 Å². The van der Waals surface area contributed by atoms with E-state index in [1.165, 1.54) is 0 Å². The van der Waals surface area contributed by atoms with E-state index in [1.54, 1.807) is 0 Å². The van der Waals surface area contributed by atoms with Gasteiger partial charge < -0.3 is 5.73 Å². The monoisotopic (exact) mass is 149 g/mol. The lowest BCUT2D eigenvalue weighted by atomic mass is 10.0. The zero-order chi connectivity index (χ0) is 7.44. The molecule has 0 aromatic carbocycles. The van der Waals surface area contributed by atoms with Gasteiger partial charge in [-0.25, -0.2) is 0 Å². The van der Waals surface area contributed by atoms with E-state index in [0.717, 1.165) is 6.42 Å². The molecule has 0 heterocycles. The van der Waals surface area contributed by atoms with Crippen molar-refractivity contribution < 1.29 is 4.79 Å². The third kappa shape index (κ3) is 2.82.